The predicted octanol–water partition coefficient (Wildman–Crippen LogP) is 2.38. The Morgan fingerprint density at radius 3 is 2.62 bits per heavy atom. The Labute approximate surface area is 130 Å². The van der Waals surface area contributed by atoms with Gasteiger partial charge in [0.1, 0.15) is 10.7 Å². The van der Waals surface area contributed by atoms with Crippen molar-refractivity contribution in [3.05, 3.63) is 39.6 Å². The van der Waals surface area contributed by atoms with Gasteiger partial charge in [-0.05, 0) is 19.1 Å². The van der Waals surface area contributed by atoms with E-state index in [1.54, 1.807) is 6.92 Å². The molecule has 114 valence electrons. The third kappa shape index (κ3) is 3.18. The predicted molar refractivity (Wildman–Crippen MR) is 76.2 cm³/mol. The fraction of sp³-hybridized carbons (Fsp3) is 0.273. The van der Waals surface area contributed by atoms with Crippen molar-refractivity contribution >= 4 is 33.2 Å². The molecule has 0 unspecified atom stereocenters. The minimum Gasteiger partial charge on any atom is -0.263 e. The highest BCUT2D eigenvalue weighted by Crippen LogP contribution is 2.31. The van der Waals surface area contributed by atoms with Gasteiger partial charge in [0.15, 0.2) is 11.6 Å². The van der Waals surface area contributed by atoms with Crippen molar-refractivity contribution in [2.24, 2.45) is 0 Å². The molecule has 0 spiro atoms. The highest BCUT2D eigenvalue weighted by molar-refractivity contribution is 7.89. The summed E-state index contributed by atoms with van der Waals surface area (Å²) in [4.78, 5) is 3.65. The normalized spacial score (nSPS) is 12.1. The highest BCUT2D eigenvalue weighted by Gasteiger charge is 2.27. The van der Waals surface area contributed by atoms with Gasteiger partial charge in [0.2, 0.25) is 10.0 Å². The first kappa shape index (κ1) is 16.2. The van der Waals surface area contributed by atoms with Crippen molar-refractivity contribution in [2.45, 2.75) is 18.4 Å². The number of hydrogen-bond donors (Lipinski definition) is 1. The molecule has 0 atom stereocenters. The summed E-state index contributed by atoms with van der Waals surface area (Å²) >= 11 is 11.3. The average molecular weight is 353 g/mol. The Morgan fingerprint density at radius 1 is 1.38 bits per heavy atom. The fourth-order valence-corrected chi connectivity index (χ4v) is 3.46. The van der Waals surface area contributed by atoms with Crippen LogP contribution in [0.15, 0.2) is 17.0 Å². The van der Waals surface area contributed by atoms with Gasteiger partial charge in [-0.25, -0.2) is 17.8 Å². The summed E-state index contributed by atoms with van der Waals surface area (Å²) in [6.07, 6.45) is 0. The number of sulfonamides is 1. The van der Waals surface area contributed by atoms with Crippen LogP contribution in [0, 0.1) is 12.7 Å². The van der Waals surface area contributed by atoms with Crippen molar-refractivity contribution in [2.75, 3.05) is 7.05 Å². The molecule has 0 aliphatic rings. The van der Waals surface area contributed by atoms with Crippen LogP contribution in [0.25, 0.3) is 0 Å². The van der Waals surface area contributed by atoms with E-state index in [0.717, 1.165) is 16.4 Å². The Balaban J connectivity index is 2.35. The molecule has 1 aromatic heterocycles. The smallest absolute Gasteiger partial charge is 0.244 e. The molecule has 1 aromatic carbocycles. The largest absolute Gasteiger partial charge is 0.263 e. The van der Waals surface area contributed by atoms with Crippen LogP contribution >= 0.6 is 23.2 Å². The van der Waals surface area contributed by atoms with E-state index in [9.17, 15) is 12.8 Å². The molecule has 0 saturated heterocycles. The number of aryl methyl sites for hydroxylation is 1. The van der Waals surface area contributed by atoms with Gasteiger partial charge in [0, 0.05) is 7.05 Å². The van der Waals surface area contributed by atoms with E-state index in [-0.39, 0.29) is 16.5 Å². The van der Waals surface area contributed by atoms with Gasteiger partial charge in [-0.2, -0.15) is 9.40 Å². The quantitative estimate of drug-likeness (QED) is 0.856. The first-order valence-corrected chi connectivity index (χ1v) is 7.91. The van der Waals surface area contributed by atoms with Crippen molar-refractivity contribution < 1.29 is 12.8 Å². The van der Waals surface area contributed by atoms with Crippen LogP contribution < -0.4 is 0 Å². The zero-order valence-corrected chi connectivity index (χ0v) is 13.4. The molecule has 6 nitrogen and oxygen atoms in total. The first-order valence-electron chi connectivity index (χ1n) is 5.71. The minimum atomic E-state index is -3.99. The van der Waals surface area contributed by atoms with Crippen LogP contribution in [0.1, 0.15) is 11.6 Å². The standard InChI is InChI=1S/C11H11Cl2FN4O2S/c1-6-15-9(17-16-6)5-18(2)21(19,20)8-4-3-7(12)11(14)10(8)13/h3-4H,5H2,1-2H3,(H,15,16,17). The summed E-state index contributed by atoms with van der Waals surface area (Å²) in [5, 5.41) is 5.67. The second-order valence-corrected chi connectivity index (χ2v) is 7.07. The van der Waals surface area contributed by atoms with E-state index >= 15 is 0 Å². The molecule has 1 heterocycles. The number of nitrogens with zero attached hydrogens (tertiary/aromatic N) is 3. The summed E-state index contributed by atoms with van der Waals surface area (Å²) in [6.45, 7) is 1.61. The fourth-order valence-electron chi connectivity index (χ4n) is 1.62. The maximum absolute atomic E-state index is 13.6. The number of benzene rings is 1. The van der Waals surface area contributed by atoms with Gasteiger partial charge in [0.25, 0.3) is 0 Å². The molecule has 2 aromatic rings. The lowest BCUT2D eigenvalue weighted by atomic mass is 10.3. The van der Waals surface area contributed by atoms with Gasteiger partial charge in [-0.3, -0.25) is 5.10 Å². The molecule has 0 bridgehead atoms. The summed E-state index contributed by atoms with van der Waals surface area (Å²) < 4.78 is 39.4. The Bertz CT molecular complexity index is 779. The average Bonchev–Trinajstić information content (AvgIpc) is 2.81. The van der Waals surface area contributed by atoms with Crippen LogP contribution in [0.2, 0.25) is 10.0 Å². The summed E-state index contributed by atoms with van der Waals surface area (Å²) in [7, 11) is -2.67. The second-order valence-electron chi connectivity index (χ2n) is 4.27. The van der Waals surface area contributed by atoms with E-state index in [1.165, 1.54) is 7.05 Å². The third-order valence-electron chi connectivity index (χ3n) is 2.70. The lowest BCUT2D eigenvalue weighted by Crippen LogP contribution is -2.27. The number of aromatic nitrogens is 3. The lowest BCUT2D eigenvalue weighted by molar-refractivity contribution is 0.456. The molecule has 21 heavy (non-hydrogen) atoms. The monoisotopic (exact) mass is 352 g/mol. The van der Waals surface area contributed by atoms with Crippen molar-refractivity contribution in [3.8, 4) is 0 Å². The van der Waals surface area contributed by atoms with E-state index in [4.69, 9.17) is 23.2 Å². The van der Waals surface area contributed by atoms with Crippen LogP contribution in [-0.2, 0) is 16.6 Å². The van der Waals surface area contributed by atoms with Crippen molar-refractivity contribution in [1.82, 2.24) is 19.5 Å². The number of H-pyrrole nitrogens is 1. The van der Waals surface area contributed by atoms with Crippen molar-refractivity contribution in [1.29, 1.82) is 0 Å². The topological polar surface area (TPSA) is 79.0 Å². The molecule has 0 amide bonds. The Morgan fingerprint density at radius 2 is 2.05 bits per heavy atom. The first-order chi connectivity index (χ1) is 9.73. The maximum Gasteiger partial charge on any atom is 0.244 e. The molecule has 0 aliphatic carbocycles. The second kappa shape index (κ2) is 5.88. The number of hydrogen-bond acceptors (Lipinski definition) is 4. The summed E-state index contributed by atoms with van der Waals surface area (Å²) in [5.41, 5.74) is 0. The molecule has 0 fully saturated rings. The SMILES string of the molecule is Cc1nc(CN(C)S(=O)(=O)c2ccc(Cl)c(F)c2Cl)n[nH]1. The Kier molecular flexibility index (Phi) is 4.52. The van der Waals surface area contributed by atoms with Gasteiger partial charge in [-0.1, -0.05) is 23.2 Å². The number of aromatic amines is 1. The minimum absolute atomic E-state index is 0.0761. The van der Waals surface area contributed by atoms with Crippen LogP contribution in [0.4, 0.5) is 4.39 Å². The number of rotatable bonds is 4. The van der Waals surface area contributed by atoms with E-state index in [2.05, 4.69) is 15.2 Å². The highest BCUT2D eigenvalue weighted by atomic mass is 35.5. The van der Waals surface area contributed by atoms with Crippen LogP contribution in [0.3, 0.4) is 0 Å². The van der Waals surface area contributed by atoms with E-state index in [1.807, 2.05) is 0 Å². The molecule has 0 aliphatic heterocycles. The molecular formula is C11H11Cl2FN4O2S. The van der Waals surface area contributed by atoms with E-state index < -0.39 is 20.9 Å². The summed E-state index contributed by atoms with van der Waals surface area (Å²) in [5.74, 6) is -0.114. The van der Waals surface area contributed by atoms with Gasteiger partial charge < -0.3 is 0 Å². The Hall–Kier alpha value is -1.22. The van der Waals surface area contributed by atoms with Crippen LogP contribution in [0.5, 0.6) is 0 Å². The molecule has 0 radical (unpaired) electrons. The van der Waals surface area contributed by atoms with Gasteiger partial charge >= 0.3 is 0 Å². The van der Waals surface area contributed by atoms with Crippen molar-refractivity contribution in [3.63, 3.8) is 0 Å². The molecule has 1 N–H and O–H groups in total. The molecule has 2 rings (SSSR count). The zero-order chi connectivity index (χ0) is 15.8. The third-order valence-corrected chi connectivity index (χ3v) is 5.31. The van der Waals surface area contributed by atoms with Gasteiger partial charge in [-0.15, -0.1) is 0 Å². The van der Waals surface area contributed by atoms with Crippen LogP contribution in [-0.4, -0.2) is 35.0 Å². The zero-order valence-electron chi connectivity index (χ0n) is 11.1. The summed E-state index contributed by atoms with van der Waals surface area (Å²) in [6, 6.07) is 2.29. The number of halogens is 3. The number of nitrogens with one attached hydrogen (secondary N) is 1. The lowest BCUT2D eigenvalue weighted by Gasteiger charge is -2.16. The molecular weight excluding hydrogens is 342 g/mol. The molecule has 0 saturated carbocycles. The molecule has 10 heteroatoms. The van der Waals surface area contributed by atoms with E-state index in [0.29, 0.717) is 11.6 Å². The van der Waals surface area contributed by atoms with Gasteiger partial charge in [0.05, 0.1) is 16.6 Å². The maximum atomic E-state index is 13.6.